The van der Waals surface area contributed by atoms with Crippen LogP contribution in [0.15, 0.2) is 53.6 Å². The Balaban J connectivity index is 1.45. The van der Waals surface area contributed by atoms with Crippen LogP contribution in [0, 0.1) is 5.92 Å². The molecular formula is C24H26N8O2. The minimum atomic E-state index is -0.395. The Morgan fingerprint density at radius 1 is 1.15 bits per heavy atom. The Kier molecular flexibility index (Phi) is 5.56. The number of rotatable bonds is 7. The molecule has 1 aromatic carbocycles. The predicted molar refractivity (Wildman–Crippen MR) is 125 cm³/mol. The van der Waals surface area contributed by atoms with Crippen LogP contribution in [0.1, 0.15) is 37.6 Å². The highest BCUT2D eigenvalue weighted by molar-refractivity contribution is 5.75. The van der Waals surface area contributed by atoms with Gasteiger partial charge in [-0.15, -0.1) is 0 Å². The first-order chi connectivity index (χ1) is 16.5. The summed E-state index contributed by atoms with van der Waals surface area (Å²) in [7, 11) is 1.59. The molecule has 1 aliphatic carbocycles. The molecule has 0 saturated heterocycles. The maximum absolute atomic E-state index is 11.6. The van der Waals surface area contributed by atoms with E-state index in [1.807, 2.05) is 0 Å². The maximum Gasteiger partial charge on any atom is 0.261 e. The third kappa shape index (κ3) is 3.91. The smallest absolute Gasteiger partial charge is 0.261 e. The van der Waals surface area contributed by atoms with Crippen molar-refractivity contribution in [3.8, 4) is 22.6 Å². The molecular weight excluding hydrogens is 432 g/mol. The number of anilines is 1. The highest BCUT2D eigenvalue weighted by Crippen LogP contribution is 2.47. The van der Waals surface area contributed by atoms with E-state index < -0.39 is 5.41 Å². The van der Waals surface area contributed by atoms with Crippen LogP contribution in [0.25, 0.3) is 22.6 Å². The van der Waals surface area contributed by atoms with Gasteiger partial charge in [-0.25, -0.2) is 9.97 Å². The predicted octanol–water partition coefficient (Wildman–Crippen LogP) is 2.82. The zero-order valence-electron chi connectivity index (χ0n) is 19.1. The second-order valence-corrected chi connectivity index (χ2v) is 8.76. The first-order valence-corrected chi connectivity index (χ1v) is 11.2. The maximum atomic E-state index is 11.6. The van der Waals surface area contributed by atoms with Gasteiger partial charge in [-0.2, -0.15) is 10.1 Å². The molecule has 0 bridgehead atoms. The normalized spacial score (nSPS) is 15.5. The highest BCUT2D eigenvalue weighted by atomic mass is 16.5. The number of nitrogen functional groups attached to an aromatic ring is 1. The molecule has 3 aromatic heterocycles. The van der Waals surface area contributed by atoms with Gasteiger partial charge in [0.1, 0.15) is 6.54 Å². The SMILES string of the molecule is CNC(=O)Cn1cc(-c2nc(C(C)(c3ccc(-c4cnc(N)nc4)cc3)C3CCC3)no2)cn1. The second kappa shape index (κ2) is 8.69. The van der Waals surface area contributed by atoms with E-state index in [-0.39, 0.29) is 18.4 Å². The van der Waals surface area contributed by atoms with Gasteiger partial charge < -0.3 is 15.6 Å². The molecule has 3 heterocycles. The fraction of sp³-hybridized carbons (Fsp3) is 0.333. The number of aromatic nitrogens is 6. The van der Waals surface area contributed by atoms with Crippen molar-refractivity contribution in [2.24, 2.45) is 5.92 Å². The van der Waals surface area contributed by atoms with Crippen LogP contribution < -0.4 is 11.1 Å². The minimum Gasteiger partial charge on any atom is -0.368 e. The van der Waals surface area contributed by atoms with Crippen molar-refractivity contribution < 1.29 is 9.32 Å². The molecule has 1 atom stereocenters. The molecule has 10 heteroatoms. The van der Waals surface area contributed by atoms with Crippen LogP contribution in [0.4, 0.5) is 5.95 Å². The number of hydrogen-bond donors (Lipinski definition) is 2. The number of amides is 1. The van der Waals surface area contributed by atoms with Crippen molar-refractivity contribution in [3.63, 3.8) is 0 Å². The van der Waals surface area contributed by atoms with Gasteiger partial charge in [-0.1, -0.05) is 35.8 Å². The first-order valence-electron chi connectivity index (χ1n) is 11.2. The summed E-state index contributed by atoms with van der Waals surface area (Å²) >= 11 is 0. The van der Waals surface area contributed by atoms with E-state index in [1.165, 1.54) is 6.42 Å². The van der Waals surface area contributed by atoms with Crippen molar-refractivity contribution in [1.82, 2.24) is 35.2 Å². The van der Waals surface area contributed by atoms with Crippen LogP contribution in [0.5, 0.6) is 0 Å². The number of carbonyl (C=O) groups is 1. The lowest BCUT2D eigenvalue weighted by atomic mass is 9.62. The molecule has 0 radical (unpaired) electrons. The molecule has 4 aromatic rings. The fourth-order valence-corrected chi connectivity index (χ4v) is 4.37. The molecule has 10 nitrogen and oxygen atoms in total. The topological polar surface area (TPSA) is 138 Å². The Hall–Kier alpha value is -4.08. The quantitative estimate of drug-likeness (QED) is 0.431. The Morgan fingerprint density at radius 2 is 1.88 bits per heavy atom. The van der Waals surface area contributed by atoms with Crippen LogP contribution in [0.3, 0.4) is 0 Å². The third-order valence-corrected chi connectivity index (χ3v) is 6.77. The Bertz CT molecular complexity index is 1290. The minimum absolute atomic E-state index is 0.128. The van der Waals surface area contributed by atoms with Gasteiger partial charge in [0.05, 0.1) is 17.2 Å². The average molecular weight is 459 g/mol. The molecule has 0 spiro atoms. The van der Waals surface area contributed by atoms with E-state index in [1.54, 1.807) is 36.5 Å². The van der Waals surface area contributed by atoms with E-state index in [0.717, 1.165) is 29.5 Å². The van der Waals surface area contributed by atoms with Crippen LogP contribution in [-0.2, 0) is 16.8 Å². The monoisotopic (exact) mass is 458 g/mol. The van der Waals surface area contributed by atoms with Crippen LogP contribution in [0.2, 0.25) is 0 Å². The molecule has 1 amide bonds. The van der Waals surface area contributed by atoms with Crippen molar-refractivity contribution in [1.29, 1.82) is 0 Å². The summed E-state index contributed by atoms with van der Waals surface area (Å²) in [4.78, 5) is 24.6. The van der Waals surface area contributed by atoms with Gasteiger partial charge in [-0.3, -0.25) is 9.48 Å². The molecule has 5 rings (SSSR count). The first kappa shape index (κ1) is 21.7. The summed E-state index contributed by atoms with van der Waals surface area (Å²) < 4.78 is 7.19. The summed E-state index contributed by atoms with van der Waals surface area (Å²) in [5, 5.41) is 11.2. The van der Waals surface area contributed by atoms with Gasteiger partial charge in [0.15, 0.2) is 5.82 Å². The molecule has 1 fully saturated rings. The summed E-state index contributed by atoms with van der Waals surface area (Å²) in [5.74, 6) is 1.58. The summed E-state index contributed by atoms with van der Waals surface area (Å²) in [6.45, 7) is 2.31. The fourth-order valence-electron chi connectivity index (χ4n) is 4.37. The third-order valence-electron chi connectivity index (χ3n) is 6.77. The van der Waals surface area contributed by atoms with Crippen molar-refractivity contribution in [3.05, 3.63) is 60.4 Å². The number of carbonyl (C=O) groups excluding carboxylic acids is 1. The lowest BCUT2D eigenvalue weighted by molar-refractivity contribution is -0.121. The summed E-state index contributed by atoms with van der Waals surface area (Å²) in [6, 6.07) is 8.35. The Labute approximate surface area is 196 Å². The highest BCUT2D eigenvalue weighted by Gasteiger charge is 2.44. The summed E-state index contributed by atoms with van der Waals surface area (Å²) in [6.07, 6.45) is 10.2. The number of likely N-dealkylation sites (N-methyl/N-ethyl adjacent to an activating group) is 1. The van der Waals surface area contributed by atoms with Crippen molar-refractivity contribution >= 4 is 11.9 Å². The van der Waals surface area contributed by atoms with E-state index in [2.05, 4.69) is 56.7 Å². The standard InChI is InChI=1S/C24H26N8O2/c1-24(18-4-3-5-18,19-8-6-15(7-9-19)16-10-27-23(25)28-11-16)22-30-21(34-31-22)17-12-29-32(13-17)14-20(33)26-2/h6-13,18H,3-5,14H2,1-2H3,(H,26,33)(H2,25,27,28). The largest absolute Gasteiger partial charge is 0.368 e. The van der Waals surface area contributed by atoms with Gasteiger partial charge in [0.25, 0.3) is 5.89 Å². The second-order valence-electron chi connectivity index (χ2n) is 8.76. The molecule has 34 heavy (non-hydrogen) atoms. The van der Waals surface area contributed by atoms with Crippen LogP contribution in [-0.4, -0.2) is 42.8 Å². The number of hydrogen-bond acceptors (Lipinski definition) is 8. The number of nitrogens with two attached hydrogens (primary N) is 1. The van der Waals surface area contributed by atoms with Crippen molar-refractivity contribution in [2.75, 3.05) is 12.8 Å². The van der Waals surface area contributed by atoms with Gasteiger partial charge >= 0.3 is 0 Å². The summed E-state index contributed by atoms with van der Waals surface area (Å²) in [5.41, 5.74) is 8.93. The number of benzene rings is 1. The number of nitrogens with one attached hydrogen (secondary N) is 1. The van der Waals surface area contributed by atoms with Crippen LogP contribution >= 0.6 is 0 Å². The van der Waals surface area contributed by atoms with E-state index in [0.29, 0.717) is 23.2 Å². The van der Waals surface area contributed by atoms with E-state index >= 15 is 0 Å². The zero-order chi connectivity index (χ0) is 23.7. The van der Waals surface area contributed by atoms with E-state index in [9.17, 15) is 4.79 Å². The average Bonchev–Trinajstić information content (AvgIpc) is 3.48. The number of nitrogens with zero attached hydrogens (tertiary/aromatic N) is 6. The molecule has 1 aliphatic rings. The van der Waals surface area contributed by atoms with Gasteiger partial charge in [0, 0.05) is 31.2 Å². The van der Waals surface area contributed by atoms with Gasteiger partial charge in [0.2, 0.25) is 11.9 Å². The van der Waals surface area contributed by atoms with Crippen molar-refractivity contribution in [2.45, 2.75) is 38.1 Å². The molecule has 1 saturated carbocycles. The molecule has 1 unspecified atom stereocenters. The molecule has 0 aliphatic heterocycles. The van der Waals surface area contributed by atoms with E-state index in [4.69, 9.17) is 15.2 Å². The molecule has 3 N–H and O–H groups in total. The zero-order valence-corrected chi connectivity index (χ0v) is 19.1. The lowest BCUT2D eigenvalue weighted by Gasteiger charge is -2.41. The molecule has 174 valence electrons. The Morgan fingerprint density at radius 3 is 2.53 bits per heavy atom. The van der Waals surface area contributed by atoms with Gasteiger partial charge in [-0.05, 0) is 36.8 Å². The lowest BCUT2D eigenvalue weighted by Crippen LogP contribution is -2.38.